The van der Waals surface area contributed by atoms with Gasteiger partial charge in [-0.3, -0.25) is 19.3 Å². The van der Waals surface area contributed by atoms with Gasteiger partial charge in [-0.15, -0.1) is 0 Å². The third-order valence-electron chi connectivity index (χ3n) is 5.96. The summed E-state index contributed by atoms with van der Waals surface area (Å²) in [6, 6.07) is 7.10. The molecule has 1 aromatic rings. The minimum atomic E-state index is -0.249. The minimum Gasteiger partial charge on any atom is -0.497 e. The Morgan fingerprint density at radius 1 is 1.17 bits per heavy atom. The fraction of sp³-hybridized carbons (Fsp3) is 0.571. The van der Waals surface area contributed by atoms with Crippen molar-refractivity contribution in [3.05, 3.63) is 29.8 Å². The van der Waals surface area contributed by atoms with Gasteiger partial charge in [-0.1, -0.05) is 0 Å². The third kappa shape index (κ3) is 4.70. The smallest absolute Gasteiger partial charge is 0.251 e. The second-order valence-electron chi connectivity index (χ2n) is 8.13. The first-order chi connectivity index (χ1) is 14.0. The number of fused-ring (bicyclic) bond motifs is 1. The molecule has 3 fully saturated rings. The van der Waals surface area contributed by atoms with Crippen LogP contribution in [0.4, 0.5) is 0 Å². The minimum absolute atomic E-state index is 0.00452. The lowest BCUT2D eigenvalue weighted by Crippen LogP contribution is -2.58. The van der Waals surface area contributed by atoms with Crippen molar-refractivity contribution in [2.75, 3.05) is 20.2 Å². The normalized spacial score (nSPS) is 26.4. The van der Waals surface area contributed by atoms with Crippen LogP contribution in [0.25, 0.3) is 0 Å². The van der Waals surface area contributed by atoms with Gasteiger partial charge in [0.05, 0.1) is 13.2 Å². The molecule has 0 aromatic heterocycles. The highest BCUT2D eigenvalue weighted by molar-refractivity contribution is 5.94. The molecular formula is C21H28N4O4. The van der Waals surface area contributed by atoms with Crippen molar-refractivity contribution in [2.24, 2.45) is 0 Å². The molecule has 2 aliphatic heterocycles. The van der Waals surface area contributed by atoms with Crippen LogP contribution in [-0.2, 0) is 9.59 Å². The highest BCUT2D eigenvalue weighted by atomic mass is 16.5. The number of nitrogens with one attached hydrogen (secondary N) is 3. The van der Waals surface area contributed by atoms with Crippen LogP contribution >= 0.6 is 0 Å². The van der Waals surface area contributed by atoms with Crippen molar-refractivity contribution >= 4 is 17.7 Å². The Kier molecular flexibility index (Phi) is 5.71. The van der Waals surface area contributed by atoms with E-state index in [4.69, 9.17) is 4.74 Å². The maximum atomic E-state index is 12.6. The van der Waals surface area contributed by atoms with E-state index in [1.807, 2.05) is 0 Å². The van der Waals surface area contributed by atoms with Crippen molar-refractivity contribution < 1.29 is 19.1 Å². The maximum absolute atomic E-state index is 12.6. The number of ether oxygens (including phenoxy) is 1. The number of piperazine rings is 1. The maximum Gasteiger partial charge on any atom is 0.251 e. The quantitative estimate of drug-likeness (QED) is 0.616. The van der Waals surface area contributed by atoms with Crippen LogP contribution in [0.5, 0.6) is 5.75 Å². The van der Waals surface area contributed by atoms with Gasteiger partial charge in [0.25, 0.3) is 5.91 Å². The van der Waals surface area contributed by atoms with Gasteiger partial charge in [0.15, 0.2) is 0 Å². The van der Waals surface area contributed by atoms with Crippen LogP contribution in [0, 0.1) is 0 Å². The van der Waals surface area contributed by atoms with E-state index in [0.717, 1.165) is 12.8 Å². The van der Waals surface area contributed by atoms with Gasteiger partial charge >= 0.3 is 0 Å². The number of amides is 3. The Morgan fingerprint density at radius 3 is 2.62 bits per heavy atom. The largest absolute Gasteiger partial charge is 0.497 e. The first-order valence-electron chi connectivity index (χ1n) is 10.3. The summed E-state index contributed by atoms with van der Waals surface area (Å²) in [5.74, 6) is 0.637. The first kappa shape index (κ1) is 19.7. The van der Waals surface area contributed by atoms with Crippen LogP contribution in [0.3, 0.4) is 0 Å². The molecule has 1 saturated carbocycles. The average Bonchev–Trinajstić information content (AvgIpc) is 3.43. The first-order valence-corrected chi connectivity index (χ1v) is 10.3. The van der Waals surface area contributed by atoms with Gasteiger partial charge in [0.2, 0.25) is 11.8 Å². The summed E-state index contributed by atoms with van der Waals surface area (Å²) in [4.78, 5) is 39.1. The van der Waals surface area contributed by atoms with E-state index in [1.165, 1.54) is 0 Å². The molecule has 2 saturated heterocycles. The molecule has 8 heteroatoms. The molecule has 1 aliphatic carbocycles. The molecule has 3 atom stereocenters. The Balaban J connectivity index is 1.33. The van der Waals surface area contributed by atoms with E-state index >= 15 is 0 Å². The Bertz CT molecular complexity index is 777. The molecule has 4 rings (SSSR count). The zero-order valence-corrected chi connectivity index (χ0v) is 16.6. The summed E-state index contributed by atoms with van der Waals surface area (Å²) < 4.78 is 5.12. The Labute approximate surface area is 170 Å². The number of carbonyl (C=O) groups is 3. The Hall–Kier alpha value is -2.61. The standard InChI is InChI=1S/C21H28N4O4/c1-29-17-7-2-13(3-8-17)20(27)24-15-10-18-21(28)22-11-16(25(18)12-15)6-9-19(26)23-14-4-5-14/h2-3,7-8,14-16,18H,4-6,9-12H2,1H3,(H,22,28)(H,23,26)(H,24,27). The highest BCUT2D eigenvalue weighted by Gasteiger charge is 2.43. The monoisotopic (exact) mass is 400 g/mol. The number of rotatable bonds is 7. The second kappa shape index (κ2) is 8.41. The van der Waals surface area contributed by atoms with Crippen molar-refractivity contribution in [3.8, 4) is 5.75 Å². The van der Waals surface area contributed by atoms with Gasteiger partial charge in [-0.05, 0) is 49.9 Å². The fourth-order valence-corrected chi connectivity index (χ4v) is 4.18. The lowest BCUT2D eigenvalue weighted by atomic mass is 10.0. The number of nitrogens with zero attached hydrogens (tertiary/aromatic N) is 1. The molecular weight excluding hydrogens is 372 g/mol. The number of hydrogen-bond donors (Lipinski definition) is 3. The lowest BCUT2D eigenvalue weighted by Gasteiger charge is -2.37. The summed E-state index contributed by atoms with van der Waals surface area (Å²) in [7, 11) is 1.58. The molecule has 0 bridgehead atoms. The molecule has 3 N–H and O–H groups in total. The van der Waals surface area contributed by atoms with Gasteiger partial charge in [-0.2, -0.15) is 0 Å². The zero-order chi connectivity index (χ0) is 20.4. The molecule has 3 amide bonds. The van der Waals surface area contributed by atoms with Crippen LogP contribution < -0.4 is 20.7 Å². The molecule has 0 spiro atoms. The highest BCUT2D eigenvalue weighted by Crippen LogP contribution is 2.26. The summed E-state index contributed by atoms with van der Waals surface area (Å²) in [6.45, 7) is 1.17. The molecule has 3 unspecified atom stereocenters. The molecule has 8 nitrogen and oxygen atoms in total. The topological polar surface area (TPSA) is 99.8 Å². The van der Waals surface area contributed by atoms with Crippen LogP contribution in [0.15, 0.2) is 24.3 Å². The van der Waals surface area contributed by atoms with E-state index < -0.39 is 0 Å². The summed E-state index contributed by atoms with van der Waals surface area (Å²) in [5, 5.41) is 9.02. The van der Waals surface area contributed by atoms with E-state index in [0.29, 0.717) is 49.7 Å². The number of benzene rings is 1. The Morgan fingerprint density at radius 2 is 1.93 bits per heavy atom. The van der Waals surface area contributed by atoms with E-state index in [1.54, 1.807) is 31.4 Å². The predicted molar refractivity (Wildman–Crippen MR) is 107 cm³/mol. The SMILES string of the molecule is COc1ccc(C(=O)NC2CC3C(=O)NCC(CCC(=O)NC4CC4)N3C2)cc1. The van der Waals surface area contributed by atoms with Gasteiger partial charge < -0.3 is 20.7 Å². The predicted octanol–water partition coefficient (Wildman–Crippen LogP) is 0.425. The van der Waals surface area contributed by atoms with Gasteiger partial charge in [-0.25, -0.2) is 0 Å². The fourth-order valence-electron chi connectivity index (χ4n) is 4.18. The molecule has 0 radical (unpaired) electrons. The van der Waals surface area contributed by atoms with Crippen molar-refractivity contribution in [3.63, 3.8) is 0 Å². The molecule has 2 heterocycles. The van der Waals surface area contributed by atoms with Crippen molar-refractivity contribution in [1.29, 1.82) is 0 Å². The number of carbonyl (C=O) groups excluding carboxylic acids is 3. The van der Waals surface area contributed by atoms with Gasteiger partial charge in [0, 0.05) is 43.2 Å². The number of methoxy groups -OCH3 is 1. The van der Waals surface area contributed by atoms with Crippen LogP contribution in [0.2, 0.25) is 0 Å². The molecule has 156 valence electrons. The van der Waals surface area contributed by atoms with Crippen molar-refractivity contribution in [1.82, 2.24) is 20.9 Å². The van der Waals surface area contributed by atoms with Gasteiger partial charge in [0.1, 0.15) is 5.75 Å². The van der Waals surface area contributed by atoms with E-state index in [9.17, 15) is 14.4 Å². The second-order valence-corrected chi connectivity index (χ2v) is 8.13. The van der Waals surface area contributed by atoms with E-state index in [2.05, 4.69) is 20.9 Å². The molecule has 1 aromatic carbocycles. The summed E-state index contributed by atoms with van der Waals surface area (Å²) in [5.41, 5.74) is 0.563. The zero-order valence-electron chi connectivity index (χ0n) is 16.6. The lowest BCUT2D eigenvalue weighted by molar-refractivity contribution is -0.129. The molecule has 3 aliphatic rings. The number of hydrogen-bond acceptors (Lipinski definition) is 5. The van der Waals surface area contributed by atoms with E-state index in [-0.39, 0.29) is 35.8 Å². The van der Waals surface area contributed by atoms with Crippen LogP contribution in [0.1, 0.15) is 42.5 Å². The average molecular weight is 400 g/mol. The summed E-state index contributed by atoms with van der Waals surface area (Å²) in [6.07, 6.45) is 3.90. The molecule has 29 heavy (non-hydrogen) atoms. The van der Waals surface area contributed by atoms with Crippen molar-refractivity contribution in [2.45, 2.75) is 56.3 Å². The van der Waals surface area contributed by atoms with Crippen LogP contribution in [-0.4, -0.2) is 67.0 Å². The summed E-state index contributed by atoms with van der Waals surface area (Å²) >= 11 is 0. The third-order valence-corrected chi connectivity index (χ3v) is 5.96.